The molecule has 0 amide bonds. The largest absolute Gasteiger partial charge is 0.308 e. The van der Waals surface area contributed by atoms with Crippen molar-refractivity contribution in [2.75, 3.05) is 0 Å². The van der Waals surface area contributed by atoms with Gasteiger partial charge in [0, 0.05) is 22.5 Å². The highest BCUT2D eigenvalue weighted by Crippen LogP contribution is 2.41. The van der Waals surface area contributed by atoms with Gasteiger partial charge in [0.15, 0.2) is 0 Å². The molecule has 0 aliphatic heterocycles. The number of hydrogen-bond donors (Lipinski definition) is 0. The molecule has 0 spiro atoms. The molecule has 0 aliphatic rings. The topological polar surface area (TPSA) is 9.86 Å². The van der Waals surface area contributed by atoms with Gasteiger partial charge in [-0.3, -0.25) is 0 Å². The average molecular weight is 539 g/mol. The molecular weight excluding hydrogens is 508 g/mol. The van der Waals surface area contributed by atoms with Crippen molar-refractivity contribution in [3.05, 3.63) is 157 Å². The van der Waals surface area contributed by atoms with Gasteiger partial charge in [-0.2, -0.15) is 0 Å². The van der Waals surface area contributed by atoms with Crippen LogP contribution in [0.15, 0.2) is 146 Å². The second kappa shape index (κ2) is 9.64. The maximum atomic E-state index is 2.44. The van der Waals surface area contributed by atoms with Crippen LogP contribution >= 0.6 is 0 Å². The monoisotopic (exact) mass is 538 g/mol. The summed E-state index contributed by atoms with van der Waals surface area (Å²) in [6.45, 7) is 4.29. The fraction of sp³-hybridized carbons (Fsp3) is 0.0500. The highest BCUT2D eigenvalue weighted by atomic mass is 15.1. The zero-order chi connectivity index (χ0) is 28.2. The number of aryl methyl sites for hydroxylation is 2. The lowest BCUT2D eigenvalue weighted by atomic mass is 10.0. The van der Waals surface area contributed by atoms with Crippen LogP contribution in [0.5, 0.6) is 0 Å². The molecule has 2 aromatic heterocycles. The minimum Gasteiger partial charge on any atom is -0.308 e. The van der Waals surface area contributed by atoms with Crippen LogP contribution < -0.4 is 0 Å². The van der Waals surface area contributed by atoms with Crippen LogP contribution in [0.3, 0.4) is 0 Å². The lowest BCUT2D eigenvalue weighted by molar-refractivity contribution is 1.13. The van der Waals surface area contributed by atoms with Crippen molar-refractivity contribution >= 4 is 32.6 Å². The van der Waals surface area contributed by atoms with Crippen molar-refractivity contribution < 1.29 is 0 Å². The Hall–Kier alpha value is -5.34. The average Bonchev–Trinajstić information content (AvgIpc) is 3.58. The number of aromatic nitrogens is 2. The van der Waals surface area contributed by atoms with E-state index in [9.17, 15) is 0 Å². The number of benzene rings is 6. The lowest BCUT2D eigenvalue weighted by Crippen LogP contribution is -1.97. The molecular formula is C40H30N2. The molecule has 42 heavy (non-hydrogen) atoms. The maximum absolute atomic E-state index is 2.44. The Morgan fingerprint density at radius 1 is 0.381 bits per heavy atom. The summed E-state index contributed by atoms with van der Waals surface area (Å²) in [6.07, 6.45) is 0. The van der Waals surface area contributed by atoms with E-state index in [1.807, 2.05) is 0 Å². The van der Waals surface area contributed by atoms with Crippen molar-refractivity contribution in [1.29, 1.82) is 0 Å². The molecule has 0 radical (unpaired) electrons. The maximum Gasteiger partial charge on any atom is 0.0724 e. The molecule has 8 aromatic rings. The predicted octanol–water partition coefficient (Wildman–Crippen LogP) is 10.7. The molecule has 0 saturated carbocycles. The molecule has 2 heteroatoms. The van der Waals surface area contributed by atoms with E-state index in [0.717, 1.165) is 11.4 Å². The number of fused-ring (bicyclic) bond motifs is 3. The van der Waals surface area contributed by atoms with Gasteiger partial charge in [0.05, 0.1) is 22.4 Å². The normalized spacial score (nSPS) is 11.6. The minimum atomic E-state index is 1.16. The Labute approximate surface area is 245 Å². The van der Waals surface area contributed by atoms with Gasteiger partial charge >= 0.3 is 0 Å². The van der Waals surface area contributed by atoms with E-state index in [4.69, 9.17) is 0 Å². The molecule has 0 fully saturated rings. The van der Waals surface area contributed by atoms with Crippen molar-refractivity contribution in [2.24, 2.45) is 0 Å². The number of nitrogens with zero attached hydrogens (tertiary/aromatic N) is 2. The highest BCUT2D eigenvalue weighted by Gasteiger charge is 2.22. The summed E-state index contributed by atoms with van der Waals surface area (Å²) in [5.74, 6) is 0. The molecule has 8 rings (SSSR count). The molecule has 6 aromatic carbocycles. The fourth-order valence-electron chi connectivity index (χ4n) is 6.39. The zero-order valence-electron chi connectivity index (χ0n) is 23.8. The Balaban J connectivity index is 1.51. The first kappa shape index (κ1) is 24.5. The predicted molar refractivity (Wildman–Crippen MR) is 178 cm³/mol. The third kappa shape index (κ3) is 3.88. The van der Waals surface area contributed by atoms with Crippen molar-refractivity contribution in [3.8, 4) is 33.9 Å². The minimum absolute atomic E-state index is 1.16. The van der Waals surface area contributed by atoms with Crippen LogP contribution in [0.4, 0.5) is 0 Å². The van der Waals surface area contributed by atoms with E-state index in [-0.39, 0.29) is 0 Å². The van der Waals surface area contributed by atoms with E-state index in [0.29, 0.717) is 0 Å². The van der Waals surface area contributed by atoms with Crippen molar-refractivity contribution in [3.63, 3.8) is 0 Å². The van der Waals surface area contributed by atoms with Crippen LogP contribution in [0.25, 0.3) is 66.5 Å². The standard InChI is InChI=1S/C40H30N2/c1-27-17-21-31(22-18-27)41-37(35-15-7-11-29-9-3-5-13-33(29)35)25-40-39(41)26-38(42(40)32-23-19-28(2)20-24-32)36-16-8-12-30-10-4-6-14-34(30)36/h3-26H,1-2H3. The molecule has 0 aliphatic carbocycles. The first-order valence-corrected chi connectivity index (χ1v) is 14.5. The summed E-state index contributed by atoms with van der Waals surface area (Å²) in [5.41, 5.74) is 12.0. The second-order valence-electron chi connectivity index (χ2n) is 11.2. The zero-order valence-corrected chi connectivity index (χ0v) is 23.8. The SMILES string of the molecule is Cc1ccc(-n2c(-c3cccc4ccccc34)cc3c2cc(-c2cccc4ccccc24)n3-c2ccc(C)cc2)cc1. The van der Waals surface area contributed by atoms with Gasteiger partial charge in [-0.15, -0.1) is 0 Å². The first-order chi connectivity index (χ1) is 20.7. The third-order valence-corrected chi connectivity index (χ3v) is 8.49. The quantitative estimate of drug-likeness (QED) is 0.211. The molecule has 200 valence electrons. The Morgan fingerprint density at radius 2 is 0.762 bits per heavy atom. The lowest BCUT2D eigenvalue weighted by Gasteiger charge is -2.14. The van der Waals surface area contributed by atoms with Gasteiger partial charge in [0.2, 0.25) is 0 Å². The van der Waals surface area contributed by atoms with E-state index >= 15 is 0 Å². The Bertz CT molecular complexity index is 2070. The van der Waals surface area contributed by atoms with Crippen LogP contribution in [-0.4, -0.2) is 9.13 Å². The van der Waals surface area contributed by atoms with E-state index in [1.54, 1.807) is 0 Å². The number of hydrogen-bond acceptors (Lipinski definition) is 0. The Kier molecular flexibility index (Phi) is 5.61. The Morgan fingerprint density at radius 3 is 1.19 bits per heavy atom. The summed E-state index contributed by atoms with van der Waals surface area (Å²) < 4.78 is 4.88. The van der Waals surface area contributed by atoms with E-state index in [1.165, 1.54) is 66.2 Å². The summed E-state index contributed by atoms with van der Waals surface area (Å²) in [6, 6.07) is 53.1. The molecule has 0 atom stereocenters. The van der Waals surface area contributed by atoms with Gasteiger partial charge in [0.1, 0.15) is 0 Å². The first-order valence-electron chi connectivity index (χ1n) is 14.5. The molecule has 0 bridgehead atoms. The van der Waals surface area contributed by atoms with Crippen LogP contribution in [0.2, 0.25) is 0 Å². The van der Waals surface area contributed by atoms with Crippen molar-refractivity contribution in [2.45, 2.75) is 13.8 Å². The van der Waals surface area contributed by atoms with Crippen LogP contribution in [-0.2, 0) is 0 Å². The van der Waals surface area contributed by atoms with Gasteiger partial charge in [-0.1, -0.05) is 120 Å². The summed E-state index contributed by atoms with van der Waals surface area (Å²) in [5, 5.41) is 5.00. The second-order valence-corrected chi connectivity index (χ2v) is 11.2. The third-order valence-electron chi connectivity index (χ3n) is 8.49. The van der Waals surface area contributed by atoms with Crippen LogP contribution in [0.1, 0.15) is 11.1 Å². The van der Waals surface area contributed by atoms with Gasteiger partial charge < -0.3 is 9.13 Å². The summed E-state index contributed by atoms with van der Waals surface area (Å²) in [4.78, 5) is 0. The molecule has 2 nitrogen and oxygen atoms in total. The molecule has 0 saturated heterocycles. The van der Waals surface area contributed by atoms with Crippen LogP contribution in [0, 0.1) is 13.8 Å². The summed E-state index contributed by atoms with van der Waals surface area (Å²) >= 11 is 0. The smallest absolute Gasteiger partial charge is 0.0724 e. The van der Waals surface area contributed by atoms with Gasteiger partial charge in [-0.05, 0) is 71.8 Å². The van der Waals surface area contributed by atoms with Gasteiger partial charge in [0.25, 0.3) is 0 Å². The van der Waals surface area contributed by atoms with E-state index in [2.05, 4.69) is 169 Å². The van der Waals surface area contributed by atoms with Gasteiger partial charge in [-0.25, -0.2) is 0 Å². The van der Waals surface area contributed by atoms with Crippen molar-refractivity contribution in [1.82, 2.24) is 9.13 Å². The molecule has 0 N–H and O–H groups in total. The number of rotatable bonds is 4. The highest BCUT2D eigenvalue weighted by molar-refractivity contribution is 6.03. The molecule has 0 unspecified atom stereocenters. The summed E-state index contributed by atoms with van der Waals surface area (Å²) in [7, 11) is 0. The van der Waals surface area contributed by atoms with E-state index < -0.39 is 0 Å². The molecule has 2 heterocycles. The fourth-order valence-corrected chi connectivity index (χ4v) is 6.39.